The Bertz CT molecular complexity index is 97.0. The number of nitrogens with two attached hydrogens (primary N) is 1. The van der Waals surface area contributed by atoms with E-state index in [1.54, 1.807) is 0 Å². The highest BCUT2D eigenvalue weighted by Crippen LogP contribution is 2.04. The van der Waals surface area contributed by atoms with Gasteiger partial charge in [0.2, 0.25) is 0 Å². The van der Waals surface area contributed by atoms with Gasteiger partial charge in [0, 0.05) is 0 Å². The van der Waals surface area contributed by atoms with E-state index in [-0.39, 0.29) is 0 Å². The molecule has 0 amide bonds. The quantitative estimate of drug-likeness (QED) is 0.463. The van der Waals surface area contributed by atoms with Crippen molar-refractivity contribution in [3.05, 3.63) is 12.2 Å². The van der Waals surface area contributed by atoms with Crippen LogP contribution in [0.5, 0.6) is 0 Å². The lowest BCUT2D eigenvalue weighted by Crippen LogP contribution is -2.03. The van der Waals surface area contributed by atoms with E-state index < -0.39 is 0 Å². The van der Waals surface area contributed by atoms with Gasteiger partial charge in [-0.25, -0.2) is 0 Å². The molecule has 0 saturated heterocycles. The molecule has 0 rings (SSSR count). The van der Waals surface area contributed by atoms with E-state index in [0.29, 0.717) is 5.92 Å². The molecule has 0 aliphatic heterocycles. The number of allylic oxidation sites excluding steroid dienone is 2. The zero-order valence-corrected chi connectivity index (χ0v) is 7.84. The highest BCUT2D eigenvalue weighted by atomic mass is 14.5. The first-order valence-corrected chi connectivity index (χ1v) is 4.68. The molecule has 1 heteroatoms. The van der Waals surface area contributed by atoms with Crippen LogP contribution in [-0.4, -0.2) is 6.54 Å². The van der Waals surface area contributed by atoms with Crippen molar-refractivity contribution in [2.24, 2.45) is 11.7 Å². The second-order valence-electron chi connectivity index (χ2n) is 3.13. The summed E-state index contributed by atoms with van der Waals surface area (Å²) < 4.78 is 0. The summed E-state index contributed by atoms with van der Waals surface area (Å²) in [4.78, 5) is 0. The van der Waals surface area contributed by atoms with Gasteiger partial charge in [-0.1, -0.05) is 38.8 Å². The molecule has 0 spiro atoms. The predicted molar refractivity (Wildman–Crippen MR) is 51.5 cm³/mol. The summed E-state index contributed by atoms with van der Waals surface area (Å²) in [5.74, 6) is 0.664. The minimum absolute atomic E-state index is 0.664. The molecule has 2 N–H and O–H groups in total. The fourth-order valence-corrected chi connectivity index (χ4v) is 1.01. The van der Waals surface area contributed by atoms with Crippen molar-refractivity contribution >= 4 is 0 Å². The Hall–Kier alpha value is -0.300. The molecule has 0 aliphatic rings. The lowest BCUT2D eigenvalue weighted by molar-refractivity contribution is 0.654. The zero-order valence-electron chi connectivity index (χ0n) is 7.84. The second kappa shape index (κ2) is 7.80. The van der Waals surface area contributed by atoms with Gasteiger partial charge in [-0.2, -0.15) is 0 Å². The van der Waals surface area contributed by atoms with Crippen LogP contribution in [0.4, 0.5) is 0 Å². The summed E-state index contributed by atoms with van der Waals surface area (Å²) in [5, 5.41) is 0. The predicted octanol–water partition coefficient (Wildman–Crippen LogP) is 2.72. The van der Waals surface area contributed by atoms with E-state index in [9.17, 15) is 0 Å². The highest BCUT2D eigenvalue weighted by molar-refractivity contribution is 4.86. The number of hydrogen-bond donors (Lipinski definition) is 1. The average molecular weight is 155 g/mol. The number of rotatable bonds is 6. The van der Waals surface area contributed by atoms with E-state index in [2.05, 4.69) is 26.0 Å². The third-order valence-corrected chi connectivity index (χ3v) is 1.81. The first-order valence-electron chi connectivity index (χ1n) is 4.68. The number of unbranched alkanes of at least 4 members (excludes halogenated alkanes) is 2. The maximum absolute atomic E-state index is 5.43. The van der Waals surface area contributed by atoms with Crippen LogP contribution in [0.2, 0.25) is 0 Å². The fourth-order valence-electron chi connectivity index (χ4n) is 1.01. The molecule has 11 heavy (non-hydrogen) atoms. The molecule has 66 valence electrons. The van der Waals surface area contributed by atoms with E-state index in [1.165, 1.54) is 19.3 Å². The van der Waals surface area contributed by atoms with Crippen LogP contribution in [0.15, 0.2) is 12.2 Å². The minimum Gasteiger partial charge on any atom is -0.330 e. The van der Waals surface area contributed by atoms with Gasteiger partial charge in [-0.05, 0) is 25.3 Å². The van der Waals surface area contributed by atoms with Crippen molar-refractivity contribution in [1.29, 1.82) is 0 Å². The standard InChI is InChI=1S/C10H21N/c1-3-4-5-6-7-10(2)8-9-11/h6-7,10H,3-5,8-9,11H2,1-2H3/b7-6-. The van der Waals surface area contributed by atoms with Gasteiger partial charge in [0.05, 0.1) is 0 Å². The smallest absolute Gasteiger partial charge is 0.00718 e. The number of hydrogen-bond acceptors (Lipinski definition) is 1. The Morgan fingerprint density at radius 1 is 1.45 bits per heavy atom. The Kier molecular flexibility index (Phi) is 7.59. The molecule has 0 aliphatic carbocycles. The summed E-state index contributed by atoms with van der Waals surface area (Å²) in [6.45, 7) is 5.24. The van der Waals surface area contributed by atoms with Gasteiger partial charge < -0.3 is 5.73 Å². The molecule has 0 aromatic heterocycles. The SMILES string of the molecule is CCCC/C=C\C(C)CCN. The van der Waals surface area contributed by atoms with E-state index in [0.717, 1.165) is 13.0 Å². The summed E-state index contributed by atoms with van der Waals surface area (Å²) in [6, 6.07) is 0. The van der Waals surface area contributed by atoms with Crippen molar-refractivity contribution in [3.8, 4) is 0 Å². The Balaban J connectivity index is 3.24. The van der Waals surface area contributed by atoms with Gasteiger partial charge in [0.15, 0.2) is 0 Å². The van der Waals surface area contributed by atoms with Gasteiger partial charge in [-0.3, -0.25) is 0 Å². The molecule has 0 saturated carbocycles. The van der Waals surface area contributed by atoms with Crippen molar-refractivity contribution < 1.29 is 0 Å². The molecule has 0 bridgehead atoms. The summed E-state index contributed by atoms with van der Waals surface area (Å²) in [6.07, 6.45) is 9.50. The van der Waals surface area contributed by atoms with Gasteiger partial charge in [0.25, 0.3) is 0 Å². The molecule has 0 radical (unpaired) electrons. The lowest BCUT2D eigenvalue weighted by Gasteiger charge is -2.01. The van der Waals surface area contributed by atoms with Crippen molar-refractivity contribution in [3.63, 3.8) is 0 Å². The molecule has 0 aromatic rings. The minimum atomic E-state index is 0.664. The largest absolute Gasteiger partial charge is 0.330 e. The normalized spacial score (nSPS) is 14.1. The van der Waals surface area contributed by atoms with Crippen molar-refractivity contribution in [2.75, 3.05) is 6.54 Å². The maximum atomic E-state index is 5.43. The highest BCUT2D eigenvalue weighted by Gasteiger charge is 1.92. The lowest BCUT2D eigenvalue weighted by atomic mass is 10.1. The molecule has 1 atom stereocenters. The van der Waals surface area contributed by atoms with Gasteiger partial charge in [-0.15, -0.1) is 0 Å². The van der Waals surface area contributed by atoms with Crippen LogP contribution in [0, 0.1) is 5.92 Å². The molecule has 1 unspecified atom stereocenters. The molecule has 0 aromatic carbocycles. The van der Waals surface area contributed by atoms with E-state index in [1.807, 2.05) is 0 Å². The average Bonchev–Trinajstić information content (AvgIpc) is 1.99. The molecule has 1 nitrogen and oxygen atoms in total. The molecule has 0 fully saturated rings. The van der Waals surface area contributed by atoms with Crippen molar-refractivity contribution in [1.82, 2.24) is 0 Å². The summed E-state index contributed by atoms with van der Waals surface area (Å²) >= 11 is 0. The topological polar surface area (TPSA) is 26.0 Å². The third-order valence-electron chi connectivity index (χ3n) is 1.81. The fraction of sp³-hybridized carbons (Fsp3) is 0.800. The van der Waals surface area contributed by atoms with E-state index in [4.69, 9.17) is 5.73 Å². The van der Waals surface area contributed by atoms with Gasteiger partial charge >= 0.3 is 0 Å². The van der Waals surface area contributed by atoms with Crippen LogP contribution in [-0.2, 0) is 0 Å². The molecular weight excluding hydrogens is 134 g/mol. The van der Waals surface area contributed by atoms with Crippen LogP contribution in [0.25, 0.3) is 0 Å². The van der Waals surface area contributed by atoms with Crippen LogP contribution in [0.1, 0.15) is 39.5 Å². The first-order chi connectivity index (χ1) is 5.31. The molecule has 0 heterocycles. The van der Waals surface area contributed by atoms with Crippen LogP contribution < -0.4 is 5.73 Å². The van der Waals surface area contributed by atoms with E-state index >= 15 is 0 Å². The second-order valence-corrected chi connectivity index (χ2v) is 3.13. The van der Waals surface area contributed by atoms with Crippen molar-refractivity contribution in [2.45, 2.75) is 39.5 Å². The third kappa shape index (κ3) is 7.60. The Morgan fingerprint density at radius 2 is 2.18 bits per heavy atom. The monoisotopic (exact) mass is 155 g/mol. The summed E-state index contributed by atoms with van der Waals surface area (Å²) in [7, 11) is 0. The zero-order chi connectivity index (χ0) is 8.53. The Labute approximate surface area is 70.7 Å². The van der Waals surface area contributed by atoms with Gasteiger partial charge in [0.1, 0.15) is 0 Å². The molecular formula is C10H21N. The maximum Gasteiger partial charge on any atom is -0.00718 e. The summed E-state index contributed by atoms with van der Waals surface area (Å²) in [5.41, 5.74) is 5.43. The Morgan fingerprint density at radius 3 is 2.73 bits per heavy atom. The van der Waals surface area contributed by atoms with Crippen LogP contribution >= 0.6 is 0 Å². The first kappa shape index (κ1) is 10.7. The van der Waals surface area contributed by atoms with Crippen LogP contribution in [0.3, 0.4) is 0 Å².